The van der Waals surface area contributed by atoms with Crippen LogP contribution < -0.4 is 0 Å². The van der Waals surface area contributed by atoms with Gasteiger partial charge in [0, 0.05) is 17.6 Å². The number of rotatable bonds is 2. The topological polar surface area (TPSA) is 28.7 Å². The minimum atomic E-state index is 0.839. The Hall–Kier alpha value is -0.440. The summed E-state index contributed by atoms with van der Waals surface area (Å²) in [5, 5.41) is 1.91. The maximum Gasteiger partial charge on any atom is 0.165 e. The summed E-state index contributed by atoms with van der Waals surface area (Å²) in [5.41, 5.74) is 0. The Balaban J connectivity index is 1.90. The first-order valence-corrected chi connectivity index (χ1v) is 4.49. The number of thioether (sulfide) groups is 1. The van der Waals surface area contributed by atoms with Crippen LogP contribution in [0.3, 0.4) is 0 Å². The van der Waals surface area contributed by atoms with Gasteiger partial charge in [-0.25, -0.2) is 4.98 Å². The molecule has 0 spiro atoms. The number of nitrogens with zero attached hydrogens (tertiary/aromatic N) is 1. The van der Waals surface area contributed by atoms with Crippen molar-refractivity contribution in [3.05, 3.63) is 12.4 Å². The lowest BCUT2D eigenvalue weighted by Crippen LogP contribution is -2.12. The van der Waals surface area contributed by atoms with Gasteiger partial charge in [0.25, 0.3) is 0 Å². The number of aromatic amines is 1. The Kier molecular flexibility index (Phi) is 1.67. The lowest BCUT2D eigenvalue weighted by Gasteiger charge is -2.22. The second-order valence-electron chi connectivity index (χ2n) is 2.57. The van der Waals surface area contributed by atoms with Gasteiger partial charge in [-0.05, 0) is 12.8 Å². The van der Waals surface area contributed by atoms with E-state index in [0.717, 1.165) is 10.4 Å². The number of hydrogen-bond acceptors (Lipinski definition) is 2. The van der Waals surface area contributed by atoms with E-state index >= 15 is 0 Å². The van der Waals surface area contributed by atoms with Crippen molar-refractivity contribution in [3.63, 3.8) is 0 Å². The Bertz CT molecular complexity index is 191. The molecule has 0 aromatic carbocycles. The fourth-order valence-corrected chi connectivity index (χ4v) is 2.10. The Morgan fingerprint density at radius 3 is 3.00 bits per heavy atom. The van der Waals surface area contributed by atoms with E-state index in [0.29, 0.717) is 0 Å². The van der Waals surface area contributed by atoms with E-state index in [1.54, 1.807) is 6.20 Å². The van der Waals surface area contributed by atoms with Crippen molar-refractivity contribution < 1.29 is 0 Å². The van der Waals surface area contributed by atoms with Crippen molar-refractivity contribution in [3.8, 4) is 0 Å². The van der Waals surface area contributed by atoms with Crippen LogP contribution in [-0.4, -0.2) is 15.2 Å². The lowest BCUT2D eigenvalue weighted by atomic mass is 10.0. The maximum absolute atomic E-state index is 4.15. The van der Waals surface area contributed by atoms with Gasteiger partial charge in [-0.15, -0.1) is 0 Å². The highest BCUT2D eigenvalue weighted by Crippen LogP contribution is 2.34. The van der Waals surface area contributed by atoms with E-state index in [1.165, 1.54) is 19.3 Å². The van der Waals surface area contributed by atoms with E-state index in [2.05, 4.69) is 9.97 Å². The SMILES string of the molecule is c1c[nH]c(SC2CCC2)n1. The zero-order chi connectivity index (χ0) is 6.81. The first-order chi connectivity index (χ1) is 4.95. The normalized spacial score (nSPS) is 18.8. The quantitative estimate of drug-likeness (QED) is 0.706. The van der Waals surface area contributed by atoms with Crippen LogP contribution in [0.1, 0.15) is 19.3 Å². The third-order valence-electron chi connectivity index (χ3n) is 1.80. The van der Waals surface area contributed by atoms with Gasteiger partial charge in [0.15, 0.2) is 5.16 Å². The third-order valence-corrected chi connectivity index (χ3v) is 3.05. The summed E-state index contributed by atoms with van der Waals surface area (Å²) in [4.78, 5) is 7.23. The Labute approximate surface area is 64.4 Å². The predicted octanol–water partition coefficient (Wildman–Crippen LogP) is 2.05. The second kappa shape index (κ2) is 2.66. The summed E-state index contributed by atoms with van der Waals surface area (Å²) in [6.07, 6.45) is 7.82. The molecule has 0 bridgehead atoms. The molecule has 1 aromatic rings. The van der Waals surface area contributed by atoms with E-state index < -0.39 is 0 Å². The third kappa shape index (κ3) is 1.19. The molecule has 0 radical (unpaired) electrons. The number of nitrogens with one attached hydrogen (secondary N) is 1. The van der Waals surface area contributed by atoms with Gasteiger partial charge in [0.2, 0.25) is 0 Å². The maximum atomic E-state index is 4.15. The lowest BCUT2D eigenvalue weighted by molar-refractivity contribution is 0.521. The van der Waals surface area contributed by atoms with Gasteiger partial charge in [0.05, 0.1) is 0 Å². The average Bonchev–Trinajstić information content (AvgIpc) is 2.29. The average molecular weight is 154 g/mol. The van der Waals surface area contributed by atoms with Gasteiger partial charge in [-0.3, -0.25) is 0 Å². The second-order valence-corrected chi connectivity index (χ2v) is 3.85. The number of imidazole rings is 1. The summed E-state index contributed by atoms with van der Waals surface area (Å²) in [6.45, 7) is 0. The highest BCUT2D eigenvalue weighted by molar-refractivity contribution is 7.99. The Morgan fingerprint density at radius 1 is 1.60 bits per heavy atom. The minimum absolute atomic E-state index is 0.839. The van der Waals surface area contributed by atoms with Crippen LogP contribution >= 0.6 is 11.8 Å². The highest BCUT2D eigenvalue weighted by atomic mass is 32.2. The molecule has 10 heavy (non-hydrogen) atoms. The number of aromatic nitrogens is 2. The standard InChI is InChI=1S/C7H10N2S/c1-2-6(3-1)10-7-8-4-5-9-7/h4-6H,1-3H2,(H,8,9). The summed E-state index contributed by atoms with van der Waals surface area (Å²) in [6, 6.07) is 0. The summed E-state index contributed by atoms with van der Waals surface area (Å²) < 4.78 is 0. The fourth-order valence-electron chi connectivity index (χ4n) is 0.962. The molecule has 1 fully saturated rings. The molecule has 0 atom stereocenters. The first-order valence-electron chi connectivity index (χ1n) is 3.61. The van der Waals surface area contributed by atoms with Crippen molar-refractivity contribution in [2.75, 3.05) is 0 Å². The molecule has 0 amide bonds. The molecule has 1 heterocycles. The zero-order valence-electron chi connectivity index (χ0n) is 5.71. The van der Waals surface area contributed by atoms with Crippen LogP contribution in [-0.2, 0) is 0 Å². The Morgan fingerprint density at radius 2 is 2.50 bits per heavy atom. The van der Waals surface area contributed by atoms with E-state index in [4.69, 9.17) is 0 Å². The summed E-state index contributed by atoms with van der Waals surface area (Å²) >= 11 is 1.87. The molecule has 1 saturated carbocycles. The number of hydrogen-bond donors (Lipinski definition) is 1. The van der Waals surface area contributed by atoms with Gasteiger partial charge >= 0.3 is 0 Å². The smallest absolute Gasteiger partial charge is 0.165 e. The van der Waals surface area contributed by atoms with Crippen LogP contribution in [0, 0.1) is 0 Å². The van der Waals surface area contributed by atoms with E-state index in [9.17, 15) is 0 Å². The molecule has 1 aromatic heterocycles. The van der Waals surface area contributed by atoms with Crippen LogP contribution in [0.5, 0.6) is 0 Å². The van der Waals surface area contributed by atoms with Crippen molar-refractivity contribution in [2.24, 2.45) is 0 Å². The molecule has 54 valence electrons. The van der Waals surface area contributed by atoms with Crippen molar-refractivity contribution in [2.45, 2.75) is 29.7 Å². The molecule has 1 aliphatic rings. The number of H-pyrrole nitrogens is 1. The predicted molar refractivity (Wildman–Crippen MR) is 42.1 cm³/mol. The van der Waals surface area contributed by atoms with Gasteiger partial charge in [-0.1, -0.05) is 18.2 Å². The van der Waals surface area contributed by atoms with Crippen molar-refractivity contribution >= 4 is 11.8 Å². The van der Waals surface area contributed by atoms with Crippen molar-refractivity contribution in [1.82, 2.24) is 9.97 Å². The molecular formula is C7H10N2S. The summed E-state index contributed by atoms with van der Waals surface area (Å²) in [7, 11) is 0. The highest BCUT2D eigenvalue weighted by Gasteiger charge is 2.18. The van der Waals surface area contributed by atoms with Crippen LogP contribution in [0.25, 0.3) is 0 Å². The molecule has 0 aliphatic heterocycles. The molecular weight excluding hydrogens is 144 g/mol. The molecule has 0 unspecified atom stereocenters. The largest absolute Gasteiger partial charge is 0.340 e. The van der Waals surface area contributed by atoms with Crippen LogP contribution in [0.4, 0.5) is 0 Å². The van der Waals surface area contributed by atoms with Crippen LogP contribution in [0.2, 0.25) is 0 Å². The molecule has 3 heteroatoms. The molecule has 2 rings (SSSR count). The molecule has 1 N–H and O–H groups in total. The van der Waals surface area contributed by atoms with Gasteiger partial charge in [0.1, 0.15) is 0 Å². The van der Waals surface area contributed by atoms with Gasteiger partial charge < -0.3 is 4.98 Å². The van der Waals surface area contributed by atoms with Crippen molar-refractivity contribution in [1.29, 1.82) is 0 Å². The first kappa shape index (κ1) is 6.28. The monoisotopic (exact) mass is 154 g/mol. The van der Waals surface area contributed by atoms with Gasteiger partial charge in [-0.2, -0.15) is 0 Å². The summed E-state index contributed by atoms with van der Waals surface area (Å²) in [5.74, 6) is 0. The van der Waals surface area contributed by atoms with E-state index in [1.807, 2.05) is 18.0 Å². The van der Waals surface area contributed by atoms with E-state index in [-0.39, 0.29) is 0 Å². The zero-order valence-corrected chi connectivity index (χ0v) is 6.53. The molecule has 1 aliphatic carbocycles. The minimum Gasteiger partial charge on any atom is -0.340 e. The van der Waals surface area contributed by atoms with Crippen LogP contribution in [0.15, 0.2) is 17.6 Å². The molecule has 2 nitrogen and oxygen atoms in total. The fraction of sp³-hybridized carbons (Fsp3) is 0.571. The molecule has 0 saturated heterocycles.